The monoisotopic (exact) mass is 384 g/mol. The van der Waals surface area contributed by atoms with Crippen LogP contribution in [0.1, 0.15) is 60.8 Å². The van der Waals surface area contributed by atoms with Gasteiger partial charge in [0.2, 0.25) is 5.91 Å². The Kier molecular flexibility index (Phi) is 5.19. The van der Waals surface area contributed by atoms with E-state index in [4.69, 9.17) is 4.98 Å². The molecule has 0 radical (unpaired) electrons. The van der Waals surface area contributed by atoms with Gasteiger partial charge in [0.15, 0.2) is 0 Å². The molecule has 2 aliphatic rings. The topological polar surface area (TPSA) is 85.0 Å². The maximum atomic E-state index is 12.8. The van der Waals surface area contributed by atoms with Crippen molar-refractivity contribution in [2.45, 2.75) is 65.7 Å². The van der Waals surface area contributed by atoms with Gasteiger partial charge in [-0.25, -0.2) is 4.98 Å². The molecule has 2 aromatic heterocycles. The largest absolute Gasteiger partial charge is 0.349 e. The number of nitrogens with zero attached hydrogens (tertiary/aromatic N) is 5. The quantitative estimate of drug-likeness (QED) is 0.822. The van der Waals surface area contributed by atoms with Gasteiger partial charge in [-0.3, -0.25) is 14.3 Å². The first kappa shape index (κ1) is 18.7. The average Bonchev–Trinajstić information content (AvgIpc) is 3.27. The number of carbonyl (C=O) groups is 2. The highest BCUT2D eigenvalue weighted by molar-refractivity contribution is 5.92. The van der Waals surface area contributed by atoms with Gasteiger partial charge in [-0.05, 0) is 32.8 Å². The Labute approximate surface area is 164 Å². The summed E-state index contributed by atoms with van der Waals surface area (Å²) in [5.74, 6) is 1.15. The lowest BCUT2D eigenvalue weighted by Gasteiger charge is -2.27. The highest BCUT2D eigenvalue weighted by Crippen LogP contribution is 2.26. The van der Waals surface area contributed by atoms with Crippen LogP contribution in [0, 0.1) is 5.92 Å². The van der Waals surface area contributed by atoms with E-state index in [0.29, 0.717) is 25.3 Å². The maximum absolute atomic E-state index is 12.8. The first-order valence-corrected chi connectivity index (χ1v) is 10.3. The van der Waals surface area contributed by atoms with E-state index in [1.54, 1.807) is 10.7 Å². The molecule has 0 aromatic carbocycles. The third kappa shape index (κ3) is 3.43. The standard InChI is InChI=1S/C20H28N6O2/c1-3-25-11-9-16(23-25)20(28)24-10-8-15-17(13-24)26(4-2)18(22-15)12-21-19(27)14-6-5-7-14/h9,11,14H,3-8,10,12-13H2,1-2H3,(H,21,27). The van der Waals surface area contributed by atoms with Crippen LogP contribution in [0.4, 0.5) is 0 Å². The Balaban J connectivity index is 1.47. The fourth-order valence-corrected chi connectivity index (χ4v) is 3.95. The van der Waals surface area contributed by atoms with E-state index in [1.807, 2.05) is 18.0 Å². The Morgan fingerprint density at radius 1 is 1.25 bits per heavy atom. The second kappa shape index (κ2) is 7.77. The van der Waals surface area contributed by atoms with Gasteiger partial charge < -0.3 is 14.8 Å². The summed E-state index contributed by atoms with van der Waals surface area (Å²) in [6.45, 7) is 7.21. The number of aromatic nitrogens is 4. The zero-order chi connectivity index (χ0) is 19.7. The molecule has 150 valence electrons. The van der Waals surface area contributed by atoms with Crippen molar-refractivity contribution >= 4 is 11.8 Å². The summed E-state index contributed by atoms with van der Waals surface area (Å²) >= 11 is 0. The second-order valence-electron chi connectivity index (χ2n) is 7.54. The molecule has 0 saturated heterocycles. The van der Waals surface area contributed by atoms with Gasteiger partial charge in [0, 0.05) is 38.2 Å². The van der Waals surface area contributed by atoms with Crippen molar-refractivity contribution in [2.75, 3.05) is 6.54 Å². The molecular formula is C20H28N6O2. The average molecular weight is 384 g/mol. The minimum Gasteiger partial charge on any atom is -0.349 e. The predicted molar refractivity (Wildman–Crippen MR) is 103 cm³/mol. The Morgan fingerprint density at radius 3 is 2.71 bits per heavy atom. The maximum Gasteiger partial charge on any atom is 0.274 e. The zero-order valence-electron chi connectivity index (χ0n) is 16.6. The number of aryl methyl sites for hydroxylation is 1. The summed E-state index contributed by atoms with van der Waals surface area (Å²) in [6.07, 6.45) is 5.70. The smallest absolute Gasteiger partial charge is 0.274 e. The molecule has 1 aliphatic carbocycles. The molecule has 28 heavy (non-hydrogen) atoms. The van der Waals surface area contributed by atoms with E-state index >= 15 is 0 Å². The van der Waals surface area contributed by atoms with Crippen LogP contribution in [0.2, 0.25) is 0 Å². The molecule has 2 amide bonds. The van der Waals surface area contributed by atoms with Crippen molar-refractivity contribution in [2.24, 2.45) is 5.92 Å². The summed E-state index contributed by atoms with van der Waals surface area (Å²) in [7, 11) is 0. The lowest BCUT2D eigenvalue weighted by molar-refractivity contribution is -0.127. The van der Waals surface area contributed by atoms with Crippen molar-refractivity contribution in [3.63, 3.8) is 0 Å². The molecule has 0 bridgehead atoms. The third-order valence-electron chi connectivity index (χ3n) is 5.88. The molecule has 0 unspecified atom stereocenters. The van der Waals surface area contributed by atoms with Gasteiger partial charge in [0.25, 0.3) is 5.91 Å². The summed E-state index contributed by atoms with van der Waals surface area (Å²) in [4.78, 5) is 31.6. The lowest BCUT2D eigenvalue weighted by Crippen LogP contribution is -2.37. The molecule has 3 heterocycles. The van der Waals surface area contributed by atoms with Crippen LogP contribution in [0.25, 0.3) is 0 Å². The van der Waals surface area contributed by atoms with Crippen molar-refractivity contribution in [3.8, 4) is 0 Å². The van der Waals surface area contributed by atoms with Crippen LogP contribution in [-0.2, 0) is 37.4 Å². The van der Waals surface area contributed by atoms with Gasteiger partial charge in [0.05, 0.1) is 24.5 Å². The number of hydrogen-bond acceptors (Lipinski definition) is 4. The Hall–Kier alpha value is -2.64. The van der Waals surface area contributed by atoms with Crippen LogP contribution in [0.15, 0.2) is 12.3 Å². The molecule has 1 aliphatic heterocycles. The van der Waals surface area contributed by atoms with Gasteiger partial charge in [-0.1, -0.05) is 6.42 Å². The van der Waals surface area contributed by atoms with E-state index < -0.39 is 0 Å². The van der Waals surface area contributed by atoms with E-state index in [9.17, 15) is 9.59 Å². The van der Waals surface area contributed by atoms with E-state index in [-0.39, 0.29) is 17.7 Å². The van der Waals surface area contributed by atoms with Gasteiger partial charge in [-0.2, -0.15) is 5.10 Å². The number of fused-ring (bicyclic) bond motifs is 1. The lowest BCUT2D eigenvalue weighted by atomic mass is 9.85. The summed E-state index contributed by atoms with van der Waals surface area (Å²) < 4.78 is 3.91. The number of amides is 2. The fraction of sp³-hybridized carbons (Fsp3) is 0.600. The molecule has 8 nitrogen and oxygen atoms in total. The zero-order valence-corrected chi connectivity index (χ0v) is 16.6. The normalized spacial score (nSPS) is 16.6. The number of imidazole rings is 1. The van der Waals surface area contributed by atoms with Gasteiger partial charge >= 0.3 is 0 Å². The van der Waals surface area contributed by atoms with E-state index in [2.05, 4.69) is 21.9 Å². The van der Waals surface area contributed by atoms with Crippen molar-refractivity contribution < 1.29 is 9.59 Å². The minimum absolute atomic E-state index is 0.0402. The molecule has 1 N–H and O–H groups in total. The van der Waals surface area contributed by atoms with Crippen molar-refractivity contribution in [1.82, 2.24) is 29.5 Å². The molecule has 0 atom stereocenters. The highest BCUT2D eigenvalue weighted by atomic mass is 16.2. The molecule has 1 saturated carbocycles. The number of carbonyl (C=O) groups excluding carboxylic acids is 2. The van der Waals surface area contributed by atoms with Gasteiger partial charge in [0.1, 0.15) is 11.5 Å². The summed E-state index contributed by atoms with van der Waals surface area (Å²) in [5, 5.41) is 7.38. The summed E-state index contributed by atoms with van der Waals surface area (Å²) in [6, 6.07) is 1.78. The van der Waals surface area contributed by atoms with Crippen LogP contribution >= 0.6 is 0 Å². The first-order valence-electron chi connectivity index (χ1n) is 10.3. The first-order chi connectivity index (χ1) is 13.6. The van der Waals surface area contributed by atoms with E-state index in [0.717, 1.165) is 56.0 Å². The third-order valence-corrected chi connectivity index (χ3v) is 5.88. The molecule has 1 fully saturated rings. The van der Waals surface area contributed by atoms with Crippen LogP contribution < -0.4 is 5.32 Å². The highest BCUT2D eigenvalue weighted by Gasteiger charge is 2.29. The molecule has 4 rings (SSSR count). The van der Waals surface area contributed by atoms with Crippen LogP contribution in [0.3, 0.4) is 0 Å². The Morgan fingerprint density at radius 2 is 2.07 bits per heavy atom. The van der Waals surface area contributed by atoms with Crippen LogP contribution in [0.5, 0.6) is 0 Å². The van der Waals surface area contributed by atoms with Gasteiger partial charge in [-0.15, -0.1) is 0 Å². The van der Waals surface area contributed by atoms with Crippen LogP contribution in [-0.4, -0.2) is 42.6 Å². The predicted octanol–water partition coefficient (Wildman–Crippen LogP) is 1.73. The van der Waals surface area contributed by atoms with E-state index in [1.165, 1.54) is 0 Å². The van der Waals surface area contributed by atoms with Crippen molar-refractivity contribution in [1.29, 1.82) is 0 Å². The molecule has 0 spiro atoms. The molecule has 2 aromatic rings. The minimum atomic E-state index is -0.0402. The number of hydrogen-bond donors (Lipinski definition) is 1. The van der Waals surface area contributed by atoms with Crippen molar-refractivity contribution in [3.05, 3.63) is 35.2 Å². The SMILES string of the molecule is CCn1ccc(C(=O)N2CCc3nc(CNC(=O)C4CCC4)n(CC)c3C2)n1. The Bertz CT molecular complexity index is 879. The second-order valence-corrected chi connectivity index (χ2v) is 7.54. The summed E-state index contributed by atoms with van der Waals surface area (Å²) in [5.41, 5.74) is 2.60. The molecule has 8 heteroatoms. The molecular weight excluding hydrogens is 356 g/mol. The number of nitrogens with one attached hydrogen (secondary N) is 1. The fourth-order valence-electron chi connectivity index (χ4n) is 3.95. The number of rotatable bonds is 6.